The molecule has 0 saturated heterocycles. The van der Waals surface area contributed by atoms with Gasteiger partial charge in [0.25, 0.3) is 0 Å². The van der Waals surface area contributed by atoms with Crippen LogP contribution in [0.4, 0.5) is 13.2 Å². The van der Waals surface area contributed by atoms with E-state index >= 15 is 0 Å². The van der Waals surface area contributed by atoms with Gasteiger partial charge in [0.15, 0.2) is 0 Å². The van der Waals surface area contributed by atoms with Crippen molar-refractivity contribution in [3.05, 3.63) is 41.5 Å². The van der Waals surface area contributed by atoms with E-state index in [1.54, 1.807) is 0 Å². The zero-order valence-corrected chi connectivity index (χ0v) is 13.9. The van der Waals surface area contributed by atoms with E-state index in [9.17, 15) is 39.6 Å². The summed E-state index contributed by atoms with van der Waals surface area (Å²) < 4.78 is 89.6. The van der Waals surface area contributed by atoms with Crippen LogP contribution in [-0.4, -0.2) is 28.8 Å². The summed E-state index contributed by atoms with van der Waals surface area (Å²) in [5.74, 6) is -3.87. The molecule has 0 saturated carbocycles. The van der Waals surface area contributed by atoms with Crippen molar-refractivity contribution in [1.82, 2.24) is 0 Å². The van der Waals surface area contributed by atoms with Gasteiger partial charge in [0.1, 0.15) is 0 Å². The Balaban J connectivity index is 3.58. The molecule has 0 bridgehead atoms. The molecule has 10 nitrogen and oxygen atoms in total. The fraction of sp³-hybridized carbons (Fsp3) is 0.0909. The average molecular weight is 418 g/mol. The molecule has 144 valence electrons. The smallest absolute Gasteiger partial charge is 0.330 e. The van der Waals surface area contributed by atoms with Crippen LogP contribution in [0, 0.1) is 0 Å². The first-order valence-corrected chi connectivity index (χ1v) is 8.95. The molecule has 0 aromatic heterocycles. The van der Waals surface area contributed by atoms with Crippen LogP contribution in [0.15, 0.2) is 30.3 Å². The summed E-state index contributed by atoms with van der Waals surface area (Å²) in [5, 5.41) is 8.87. The molecule has 26 heavy (non-hydrogen) atoms. The van der Waals surface area contributed by atoms with Crippen molar-refractivity contribution in [2.45, 2.75) is 6.18 Å². The third-order valence-electron chi connectivity index (χ3n) is 2.39. The van der Waals surface area contributed by atoms with Gasteiger partial charge in [-0.15, -0.1) is 0 Å². The zero-order chi connectivity index (χ0) is 20.3. The lowest BCUT2D eigenvalue weighted by Crippen LogP contribution is -2.24. The molecule has 4 N–H and O–H groups in total. The van der Waals surface area contributed by atoms with E-state index in [1.165, 1.54) is 0 Å². The van der Waals surface area contributed by atoms with E-state index in [4.69, 9.17) is 0 Å². The Morgan fingerprint density at radius 1 is 0.962 bits per heavy atom. The van der Waals surface area contributed by atoms with Crippen LogP contribution in [0.1, 0.15) is 11.1 Å². The van der Waals surface area contributed by atoms with Crippen molar-refractivity contribution in [3.63, 3.8) is 0 Å². The number of carbonyl (C=O) groups is 2. The third kappa shape index (κ3) is 6.79. The Morgan fingerprint density at radius 2 is 1.46 bits per heavy atom. The Hall–Kier alpha value is -2.49. The summed E-state index contributed by atoms with van der Waals surface area (Å²) in [6.45, 7) is 0. The van der Waals surface area contributed by atoms with Gasteiger partial charge in [-0.25, -0.2) is 9.59 Å². The first kappa shape index (κ1) is 21.6. The molecule has 0 radical (unpaired) electrons. The van der Waals surface area contributed by atoms with E-state index < -0.39 is 55.4 Å². The molecule has 0 aliphatic carbocycles. The van der Waals surface area contributed by atoms with Crippen LogP contribution in [0.2, 0.25) is 0 Å². The fourth-order valence-electron chi connectivity index (χ4n) is 1.62. The maximum absolute atomic E-state index is 13.1. The van der Waals surface area contributed by atoms with Crippen molar-refractivity contribution in [3.8, 4) is 0 Å². The number of benzene rings is 1. The highest BCUT2D eigenvalue weighted by atomic mass is 32.2. The molecule has 0 amide bonds. The summed E-state index contributed by atoms with van der Waals surface area (Å²) >= 11 is 0. The number of alkyl halides is 3. The molecule has 0 heterocycles. The van der Waals surface area contributed by atoms with Crippen LogP contribution in [0.25, 0.3) is 5.57 Å². The highest BCUT2D eigenvalue weighted by Gasteiger charge is 2.36. The largest absolute Gasteiger partial charge is 0.417 e. The van der Waals surface area contributed by atoms with Crippen molar-refractivity contribution in [1.29, 1.82) is 0 Å². The van der Waals surface area contributed by atoms with E-state index in [2.05, 4.69) is 18.6 Å². The molecule has 0 fully saturated rings. The molecule has 0 aliphatic rings. The molecular formula is C11H9F3N2O8S2. The number of halogens is 3. The fourth-order valence-corrected chi connectivity index (χ4v) is 2.20. The number of hydrogen-bond donors (Lipinski definition) is 2. The monoisotopic (exact) mass is 418 g/mol. The Bertz CT molecular complexity index is 967. The van der Waals surface area contributed by atoms with Crippen LogP contribution >= 0.6 is 0 Å². The number of hydrogen-bond acceptors (Lipinski definition) is 8. The van der Waals surface area contributed by atoms with Gasteiger partial charge in [-0.1, -0.05) is 18.2 Å². The molecule has 0 spiro atoms. The lowest BCUT2D eigenvalue weighted by molar-refractivity contribution is -0.138. The molecule has 15 heteroatoms. The summed E-state index contributed by atoms with van der Waals surface area (Å²) in [5.41, 5.74) is -3.75. The molecule has 0 atom stereocenters. The van der Waals surface area contributed by atoms with Crippen molar-refractivity contribution in [2.24, 2.45) is 10.3 Å². The lowest BCUT2D eigenvalue weighted by atomic mass is 9.99. The van der Waals surface area contributed by atoms with Crippen LogP contribution in [-0.2, 0) is 44.7 Å². The maximum Gasteiger partial charge on any atom is 0.417 e. The first-order valence-electron chi connectivity index (χ1n) is 6.01. The molecule has 0 aliphatic heterocycles. The van der Waals surface area contributed by atoms with Gasteiger partial charge < -0.3 is 8.37 Å². The molecule has 1 aromatic carbocycles. The highest BCUT2D eigenvalue weighted by Crippen LogP contribution is 2.35. The topological polar surface area (TPSA) is 173 Å². The minimum Gasteiger partial charge on any atom is -0.330 e. The predicted octanol–water partition coefficient (Wildman–Crippen LogP) is -0.418. The quantitative estimate of drug-likeness (QED) is 0.607. The van der Waals surface area contributed by atoms with Gasteiger partial charge in [-0.3, -0.25) is 0 Å². The van der Waals surface area contributed by atoms with E-state index in [1.807, 2.05) is 0 Å². The SMILES string of the molecule is NS(=O)(=O)OC(=O)/C=C(/C(=O)OS(N)(=O)=O)c1ccccc1C(F)(F)F. The van der Waals surface area contributed by atoms with Crippen LogP contribution in [0.5, 0.6) is 0 Å². The predicted molar refractivity (Wildman–Crippen MR) is 77.8 cm³/mol. The minimum absolute atomic E-state index is 0.0392. The van der Waals surface area contributed by atoms with E-state index in [0.29, 0.717) is 12.1 Å². The normalized spacial score (nSPS) is 13.2. The summed E-state index contributed by atoms with van der Waals surface area (Å²) in [4.78, 5) is 23.3. The summed E-state index contributed by atoms with van der Waals surface area (Å²) in [6.07, 6.45) is -5.07. The Labute approximate surface area is 144 Å². The first-order chi connectivity index (χ1) is 11.6. The Morgan fingerprint density at radius 3 is 1.92 bits per heavy atom. The molecule has 0 unspecified atom stereocenters. The second-order valence-corrected chi connectivity index (χ2v) is 6.66. The molecular weight excluding hydrogens is 409 g/mol. The van der Waals surface area contributed by atoms with E-state index in [0.717, 1.165) is 12.1 Å². The van der Waals surface area contributed by atoms with Crippen LogP contribution in [0.3, 0.4) is 0 Å². The van der Waals surface area contributed by atoms with Crippen LogP contribution < -0.4 is 10.3 Å². The average Bonchev–Trinajstić information content (AvgIpc) is 2.40. The number of nitrogens with two attached hydrogens (primary N) is 2. The third-order valence-corrected chi connectivity index (χ3v) is 3.18. The number of carbonyl (C=O) groups excluding carboxylic acids is 2. The Kier molecular flexibility index (Phi) is 6.14. The molecule has 1 aromatic rings. The van der Waals surface area contributed by atoms with Gasteiger partial charge in [-0.2, -0.15) is 40.3 Å². The van der Waals surface area contributed by atoms with Crippen molar-refractivity contribution < 1.29 is 48.0 Å². The minimum atomic E-state index is -5.03. The van der Waals surface area contributed by atoms with Gasteiger partial charge in [0.2, 0.25) is 0 Å². The maximum atomic E-state index is 13.1. The van der Waals surface area contributed by atoms with E-state index in [-0.39, 0.29) is 6.08 Å². The van der Waals surface area contributed by atoms with Gasteiger partial charge in [0.05, 0.1) is 11.1 Å². The lowest BCUT2D eigenvalue weighted by Gasteiger charge is -2.14. The molecule has 1 rings (SSSR count). The number of rotatable bonds is 5. The summed E-state index contributed by atoms with van der Waals surface area (Å²) in [6, 6.07) is 3.17. The highest BCUT2D eigenvalue weighted by molar-refractivity contribution is 7.85. The standard InChI is InChI=1S/C11H9F3N2O8S2/c12-11(13,14)8-4-2-1-3-6(8)7(10(18)24-26(16,21)22)5-9(17)23-25(15,19)20/h1-5H,(H2,15,19,20)(H2,16,21,22)/b7-5+. The summed E-state index contributed by atoms with van der Waals surface area (Å²) in [7, 11) is -9.82. The van der Waals surface area contributed by atoms with Gasteiger partial charge in [0, 0.05) is 11.6 Å². The second kappa shape index (κ2) is 7.40. The van der Waals surface area contributed by atoms with Crippen molar-refractivity contribution in [2.75, 3.05) is 0 Å². The van der Waals surface area contributed by atoms with Gasteiger partial charge >= 0.3 is 38.7 Å². The second-order valence-electron chi connectivity index (χ2n) is 4.36. The van der Waals surface area contributed by atoms with Gasteiger partial charge in [-0.05, 0) is 6.07 Å². The van der Waals surface area contributed by atoms with Crippen molar-refractivity contribution >= 4 is 38.1 Å². The zero-order valence-electron chi connectivity index (χ0n) is 12.3.